The number of carbonyl (C=O) groups is 1. The fourth-order valence-corrected chi connectivity index (χ4v) is 2.10. The van der Waals surface area contributed by atoms with Crippen molar-refractivity contribution >= 4 is 23.2 Å². The molecule has 0 radical (unpaired) electrons. The smallest absolute Gasteiger partial charge is 0.269 e. The second-order valence-corrected chi connectivity index (χ2v) is 4.41. The number of allylic oxidation sites excluding steroid dienone is 1. The largest absolute Gasteiger partial charge is 0.352 e. The molecule has 2 aromatic rings. The van der Waals surface area contributed by atoms with Crippen molar-refractivity contribution in [1.29, 1.82) is 0 Å². The van der Waals surface area contributed by atoms with Crippen molar-refractivity contribution in [1.82, 2.24) is 0 Å². The van der Waals surface area contributed by atoms with Crippen molar-refractivity contribution in [3.63, 3.8) is 0 Å². The van der Waals surface area contributed by atoms with Crippen LogP contribution < -0.4 is 5.32 Å². The molecule has 3 rings (SSSR count). The number of non-ortho nitro benzene ring substituents is 1. The van der Waals surface area contributed by atoms with Gasteiger partial charge in [0.1, 0.15) is 0 Å². The molecule has 0 unspecified atom stereocenters. The molecule has 98 valence electrons. The lowest BCUT2D eigenvalue weighted by Crippen LogP contribution is -1.99. The van der Waals surface area contributed by atoms with E-state index in [-0.39, 0.29) is 11.5 Å². The molecule has 0 fully saturated rings. The fraction of sp³-hybridized carbons (Fsp3) is 0. The van der Waals surface area contributed by atoms with E-state index in [9.17, 15) is 14.9 Å². The Morgan fingerprint density at radius 3 is 2.40 bits per heavy atom. The Morgan fingerprint density at radius 2 is 1.75 bits per heavy atom. The molecule has 0 aromatic heterocycles. The van der Waals surface area contributed by atoms with Crippen LogP contribution in [0.2, 0.25) is 0 Å². The van der Waals surface area contributed by atoms with Gasteiger partial charge in [-0.3, -0.25) is 14.9 Å². The van der Waals surface area contributed by atoms with Crippen LogP contribution in [0.4, 0.5) is 11.4 Å². The van der Waals surface area contributed by atoms with Gasteiger partial charge in [-0.25, -0.2) is 0 Å². The molecule has 20 heavy (non-hydrogen) atoms. The summed E-state index contributed by atoms with van der Waals surface area (Å²) >= 11 is 0. The highest BCUT2D eigenvalue weighted by Gasteiger charge is 2.23. The number of para-hydroxylation sites is 1. The maximum Gasteiger partial charge on any atom is 0.269 e. The predicted octanol–water partition coefficient (Wildman–Crippen LogP) is 3.24. The molecule has 1 N–H and O–H groups in total. The van der Waals surface area contributed by atoms with E-state index in [0.717, 1.165) is 11.3 Å². The Bertz CT molecular complexity index is 733. The van der Waals surface area contributed by atoms with E-state index in [4.69, 9.17) is 0 Å². The summed E-state index contributed by atoms with van der Waals surface area (Å²) in [6.07, 6.45) is 1.69. The summed E-state index contributed by atoms with van der Waals surface area (Å²) in [4.78, 5) is 22.3. The zero-order valence-electron chi connectivity index (χ0n) is 10.4. The Labute approximate surface area is 114 Å². The summed E-state index contributed by atoms with van der Waals surface area (Å²) in [5.74, 6) is -0.0704. The lowest BCUT2D eigenvalue weighted by Gasteiger charge is -1.99. The lowest BCUT2D eigenvalue weighted by atomic mass is 10.1. The maximum atomic E-state index is 12.1. The number of nitrogens with zero attached hydrogens (tertiary/aromatic N) is 1. The lowest BCUT2D eigenvalue weighted by molar-refractivity contribution is -0.384. The second-order valence-electron chi connectivity index (χ2n) is 4.41. The van der Waals surface area contributed by atoms with Gasteiger partial charge in [-0.2, -0.15) is 0 Å². The number of Topliss-reactive ketones (excluding diaryl/α,β-unsaturated/α-hetero) is 1. The van der Waals surface area contributed by atoms with Crippen molar-refractivity contribution < 1.29 is 9.72 Å². The van der Waals surface area contributed by atoms with Gasteiger partial charge in [0.2, 0.25) is 5.78 Å². The third kappa shape index (κ3) is 2.05. The van der Waals surface area contributed by atoms with Gasteiger partial charge in [0, 0.05) is 23.4 Å². The number of hydrogen-bond donors (Lipinski definition) is 1. The molecule has 0 bridgehead atoms. The molecular formula is C15H10N2O3. The molecule has 5 nitrogen and oxygen atoms in total. The molecule has 0 aliphatic carbocycles. The van der Waals surface area contributed by atoms with Gasteiger partial charge in [-0.15, -0.1) is 0 Å². The normalized spacial score (nSPS) is 15.0. The van der Waals surface area contributed by atoms with Crippen LogP contribution in [0.3, 0.4) is 0 Å². The molecule has 0 amide bonds. The third-order valence-corrected chi connectivity index (χ3v) is 3.10. The van der Waals surface area contributed by atoms with Gasteiger partial charge < -0.3 is 5.32 Å². The van der Waals surface area contributed by atoms with Crippen molar-refractivity contribution in [3.8, 4) is 0 Å². The van der Waals surface area contributed by atoms with Crippen LogP contribution in [0.25, 0.3) is 6.08 Å². The quantitative estimate of drug-likeness (QED) is 0.514. The fourth-order valence-electron chi connectivity index (χ4n) is 2.10. The number of nitro benzene ring substituents is 1. The van der Waals surface area contributed by atoms with Crippen molar-refractivity contribution in [3.05, 3.63) is 75.5 Å². The van der Waals surface area contributed by atoms with E-state index < -0.39 is 4.92 Å². The number of hydrogen-bond acceptors (Lipinski definition) is 4. The first-order valence-electron chi connectivity index (χ1n) is 6.02. The molecule has 0 spiro atoms. The third-order valence-electron chi connectivity index (χ3n) is 3.10. The highest BCUT2D eigenvalue weighted by molar-refractivity contribution is 6.20. The SMILES string of the molecule is O=C1C(=Cc2ccc([N+](=O)[O-])cc2)Nc2ccccc21. The minimum atomic E-state index is -0.453. The standard InChI is InChI=1S/C15H10N2O3/c18-15-12-3-1-2-4-13(12)16-14(15)9-10-5-7-11(8-6-10)17(19)20/h1-9,16H. The Hall–Kier alpha value is -2.95. The van der Waals surface area contributed by atoms with Crippen molar-refractivity contribution in [2.45, 2.75) is 0 Å². The number of ketones is 1. The summed E-state index contributed by atoms with van der Waals surface area (Å²) in [7, 11) is 0. The minimum absolute atomic E-state index is 0.0288. The molecule has 1 aliphatic heterocycles. The van der Waals surface area contributed by atoms with Crippen LogP contribution in [-0.2, 0) is 0 Å². The van der Waals surface area contributed by atoms with Gasteiger partial charge in [0.15, 0.2) is 0 Å². The monoisotopic (exact) mass is 266 g/mol. The summed E-state index contributed by atoms with van der Waals surface area (Å²) in [6.45, 7) is 0. The van der Waals surface area contributed by atoms with Gasteiger partial charge in [0.25, 0.3) is 5.69 Å². The number of nitrogens with one attached hydrogen (secondary N) is 1. The van der Waals surface area contributed by atoms with Crippen LogP contribution in [0.1, 0.15) is 15.9 Å². The van der Waals surface area contributed by atoms with Crippen LogP contribution >= 0.6 is 0 Å². The molecular weight excluding hydrogens is 256 g/mol. The van der Waals surface area contributed by atoms with Crippen LogP contribution in [0.15, 0.2) is 54.2 Å². The number of carbonyl (C=O) groups excluding carboxylic acids is 1. The van der Waals surface area contributed by atoms with E-state index in [1.807, 2.05) is 18.2 Å². The summed E-state index contributed by atoms with van der Waals surface area (Å²) in [5.41, 5.74) is 2.66. The Kier molecular flexibility index (Phi) is 2.80. The van der Waals surface area contributed by atoms with E-state index in [1.165, 1.54) is 12.1 Å². The van der Waals surface area contributed by atoms with E-state index in [1.54, 1.807) is 24.3 Å². The molecule has 0 saturated heterocycles. The highest BCUT2D eigenvalue weighted by atomic mass is 16.6. The van der Waals surface area contributed by atoms with Crippen LogP contribution in [-0.4, -0.2) is 10.7 Å². The average Bonchev–Trinajstić information content (AvgIpc) is 2.77. The molecule has 0 saturated carbocycles. The van der Waals surface area contributed by atoms with Gasteiger partial charge >= 0.3 is 0 Å². The topological polar surface area (TPSA) is 72.2 Å². The molecule has 0 atom stereocenters. The highest BCUT2D eigenvalue weighted by Crippen LogP contribution is 2.28. The van der Waals surface area contributed by atoms with Crippen LogP contribution in [0.5, 0.6) is 0 Å². The summed E-state index contributed by atoms with van der Waals surface area (Å²) in [6, 6.07) is 13.3. The predicted molar refractivity (Wildman–Crippen MR) is 75.5 cm³/mol. The Balaban J connectivity index is 1.91. The first-order chi connectivity index (χ1) is 9.65. The number of nitro groups is 1. The minimum Gasteiger partial charge on any atom is -0.352 e. The Morgan fingerprint density at radius 1 is 1.05 bits per heavy atom. The van der Waals surface area contributed by atoms with E-state index >= 15 is 0 Å². The molecule has 2 aromatic carbocycles. The number of anilines is 1. The van der Waals surface area contributed by atoms with Gasteiger partial charge in [-0.05, 0) is 35.9 Å². The zero-order chi connectivity index (χ0) is 14.1. The molecule has 1 heterocycles. The number of benzene rings is 2. The number of rotatable bonds is 2. The summed E-state index contributed by atoms with van der Waals surface area (Å²) in [5, 5.41) is 13.6. The van der Waals surface area contributed by atoms with Crippen LogP contribution in [0, 0.1) is 10.1 Å². The second kappa shape index (κ2) is 4.62. The average molecular weight is 266 g/mol. The molecule has 1 aliphatic rings. The van der Waals surface area contributed by atoms with Gasteiger partial charge in [0.05, 0.1) is 10.6 Å². The molecule has 5 heteroatoms. The zero-order valence-corrected chi connectivity index (χ0v) is 10.4. The van der Waals surface area contributed by atoms with Crippen molar-refractivity contribution in [2.75, 3.05) is 5.32 Å². The van der Waals surface area contributed by atoms with Gasteiger partial charge in [-0.1, -0.05) is 12.1 Å². The first-order valence-corrected chi connectivity index (χ1v) is 6.02. The summed E-state index contributed by atoms with van der Waals surface area (Å²) < 4.78 is 0. The number of fused-ring (bicyclic) bond motifs is 1. The van der Waals surface area contributed by atoms with E-state index in [2.05, 4.69) is 5.32 Å². The first kappa shape index (κ1) is 12.1. The van der Waals surface area contributed by atoms with Crippen molar-refractivity contribution in [2.24, 2.45) is 0 Å². The maximum absolute atomic E-state index is 12.1. The van der Waals surface area contributed by atoms with E-state index in [0.29, 0.717) is 11.3 Å².